The molecular formula is C19H20N2O4. The van der Waals surface area contributed by atoms with Gasteiger partial charge >= 0.3 is 5.69 Å². The van der Waals surface area contributed by atoms with Gasteiger partial charge in [-0.25, -0.2) is 4.79 Å². The second kappa shape index (κ2) is 6.29. The van der Waals surface area contributed by atoms with Crippen LogP contribution in [0.3, 0.4) is 0 Å². The Kier molecular flexibility index (Phi) is 3.97. The second-order valence-corrected chi connectivity index (χ2v) is 6.05. The van der Waals surface area contributed by atoms with Gasteiger partial charge < -0.3 is 14.6 Å². The van der Waals surface area contributed by atoms with E-state index in [4.69, 9.17) is 9.47 Å². The number of hydrogen-bond acceptors (Lipinski definition) is 4. The van der Waals surface area contributed by atoms with Crippen LogP contribution in [0.4, 0.5) is 0 Å². The fourth-order valence-electron chi connectivity index (χ4n) is 3.30. The van der Waals surface area contributed by atoms with E-state index >= 15 is 0 Å². The van der Waals surface area contributed by atoms with Crippen LogP contribution in [-0.2, 0) is 13.1 Å². The Morgan fingerprint density at radius 1 is 1.04 bits per heavy atom. The Morgan fingerprint density at radius 3 is 2.44 bits per heavy atom. The summed E-state index contributed by atoms with van der Waals surface area (Å²) in [5.74, 6) is 1.31. The Hall–Kier alpha value is -2.73. The molecule has 0 fully saturated rings. The zero-order valence-electron chi connectivity index (χ0n) is 14.0. The summed E-state index contributed by atoms with van der Waals surface area (Å²) >= 11 is 0. The highest BCUT2D eigenvalue weighted by atomic mass is 16.6. The molecule has 0 unspecified atom stereocenters. The first-order valence-electron chi connectivity index (χ1n) is 8.44. The summed E-state index contributed by atoms with van der Waals surface area (Å²) in [6.45, 7) is 3.74. The molecular weight excluding hydrogens is 320 g/mol. The summed E-state index contributed by atoms with van der Waals surface area (Å²) in [4.78, 5) is 12.7. The third kappa shape index (κ3) is 2.68. The lowest BCUT2D eigenvalue weighted by Gasteiger charge is -2.20. The maximum atomic E-state index is 12.7. The summed E-state index contributed by atoms with van der Waals surface area (Å²) in [5, 5.41) is 10.7. The van der Waals surface area contributed by atoms with Gasteiger partial charge in [0.25, 0.3) is 0 Å². The third-order valence-electron chi connectivity index (χ3n) is 4.55. The summed E-state index contributed by atoms with van der Waals surface area (Å²) < 4.78 is 14.4. The van der Waals surface area contributed by atoms with Crippen LogP contribution in [0, 0.1) is 0 Å². The highest BCUT2D eigenvalue weighted by Crippen LogP contribution is 2.33. The van der Waals surface area contributed by atoms with Gasteiger partial charge in [0.15, 0.2) is 11.5 Å². The molecule has 0 saturated carbocycles. The largest absolute Gasteiger partial charge is 0.486 e. The van der Waals surface area contributed by atoms with Crippen molar-refractivity contribution in [1.29, 1.82) is 0 Å². The molecule has 0 aliphatic carbocycles. The first kappa shape index (κ1) is 15.8. The van der Waals surface area contributed by atoms with Gasteiger partial charge in [-0.1, -0.05) is 18.2 Å². The molecule has 0 saturated heterocycles. The highest BCUT2D eigenvalue weighted by Gasteiger charge is 2.19. The zero-order valence-corrected chi connectivity index (χ0v) is 14.0. The minimum Gasteiger partial charge on any atom is -0.486 e. The van der Waals surface area contributed by atoms with Crippen molar-refractivity contribution < 1.29 is 14.6 Å². The average molecular weight is 340 g/mol. The van der Waals surface area contributed by atoms with Crippen LogP contribution in [0.5, 0.6) is 11.5 Å². The predicted molar refractivity (Wildman–Crippen MR) is 94.3 cm³/mol. The lowest BCUT2D eigenvalue weighted by Crippen LogP contribution is -2.26. The Bertz CT molecular complexity index is 973. The number of para-hydroxylation sites is 2. The molecule has 0 radical (unpaired) electrons. The van der Waals surface area contributed by atoms with Crippen LogP contribution in [0.1, 0.15) is 18.6 Å². The molecule has 1 aromatic heterocycles. The maximum absolute atomic E-state index is 12.7. The van der Waals surface area contributed by atoms with E-state index < -0.39 is 6.10 Å². The molecule has 0 spiro atoms. The molecule has 0 amide bonds. The Labute approximate surface area is 144 Å². The van der Waals surface area contributed by atoms with Crippen LogP contribution >= 0.6 is 0 Å². The van der Waals surface area contributed by atoms with E-state index in [0.717, 1.165) is 11.0 Å². The molecule has 1 N–H and O–H groups in total. The molecule has 6 heteroatoms. The summed E-state index contributed by atoms with van der Waals surface area (Å²) in [5.41, 5.74) is 2.29. The van der Waals surface area contributed by atoms with E-state index in [0.29, 0.717) is 36.8 Å². The van der Waals surface area contributed by atoms with Gasteiger partial charge in [-0.05, 0) is 36.8 Å². The zero-order chi connectivity index (χ0) is 17.4. The number of rotatable bonds is 4. The molecule has 2 aromatic carbocycles. The number of aromatic nitrogens is 2. The van der Waals surface area contributed by atoms with Crippen LogP contribution in [0.2, 0.25) is 0 Å². The molecule has 0 bridgehead atoms. The number of fused-ring (bicyclic) bond motifs is 2. The van der Waals surface area contributed by atoms with Crippen LogP contribution < -0.4 is 15.2 Å². The molecule has 6 nitrogen and oxygen atoms in total. The lowest BCUT2D eigenvalue weighted by molar-refractivity contribution is 0.151. The molecule has 25 heavy (non-hydrogen) atoms. The molecule has 2 heterocycles. The van der Waals surface area contributed by atoms with E-state index in [1.807, 2.05) is 37.3 Å². The molecule has 1 aliphatic heterocycles. The Morgan fingerprint density at radius 2 is 1.72 bits per heavy atom. The predicted octanol–water partition coefficient (Wildman–Crippen LogP) is 2.33. The fourth-order valence-corrected chi connectivity index (χ4v) is 3.30. The van der Waals surface area contributed by atoms with Crippen molar-refractivity contribution in [3.05, 3.63) is 58.5 Å². The summed E-state index contributed by atoms with van der Waals surface area (Å²) in [6, 6.07) is 13.0. The topological polar surface area (TPSA) is 65.6 Å². The number of aryl methyl sites for hydroxylation is 1. The van der Waals surface area contributed by atoms with E-state index in [1.165, 1.54) is 0 Å². The van der Waals surface area contributed by atoms with Gasteiger partial charge in [-0.3, -0.25) is 9.13 Å². The number of benzene rings is 2. The average Bonchev–Trinajstić information content (AvgIpc) is 2.92. The first-order valence-corrected chi connectivity index (χ1v) is 8.44. The van der Waals surface area contributed by atoms with Crippen molar-refractivity contribution in [3.63, 3.8) is 0 Å². The summed E-state index contributed by atoms with van der Waals surface area (Å²) in [7, 11) is 0. The molecule has 4 rings (SSSR count). The Balaban J connectivity index is 1.70. The van der Waals surface area contributed by atoms with Crippen molar-refractivity contribution in [3.8, 4) is 11.5 Å². The van der Waals surface area contributed by atoms with Gasteiger partial charge in [0.1, 0.15) is 13.2 Å². The minimum absolute atomic E-state index is 0.111. The standard InChI is InChI=1S/C19H20N2O4/c1-2-20-14-5-3-4-6-15(14)21(19(20)23)12-16(22)13-7-8-17-18(11-13)25-10-9-24-17/h3-8,11,16,22H,2,9-10,12H2,1H3/t16-/m1/s1. The molecule has 130 valence electrons. The lowest BCUT2D eigenvalue weighted by atomic mass is 10.1. The van der Waals surface area contributed by atoms with E-state index in [2.05, 4.69) is 0 Å². The van der Waals surface area contributed by atoms with Gasteiger partial charge in [0.2, 0.25) is 0 Å². The molecule has 1 aliphatic rings. The maximum Gasteiger partial charge on any atom is 0.329 e. The van der Waals surface area contributed by atoms with Crippen molar-refractivity contribution in [2.24, 2.45) is 0 Å². The van der Waals surface area contributed by atoms with Crippen molar-refractivity contribution in [1.82, 2.24) is 9.13 Å². The number of aliphatic hydroxyl groups is 1. The van der Waals surface area contributed by atoms with E-state index in [9.17, 15) is 9.90 Å². The number of aliphatic hydroxyl groups excluding tert-OH is 1. The SMILES string of the molecule is CCn1c(=O)n(C[C@@H](O)c2ccc3c(c2)OCCO3)c2ccccc21. The monoisotopic (exact) mass is 340 g/mol. The number of hydrogen-bond donors (Lipinski definition) is 1. The van der Waals surface area contributed by atoms with Gasteiger partial charge in [0, 0.05) is 6.54 Å². The van der Waals surface area contributed by atoms with Crippen LogP contribution in [0.15, 0.2) is 47.3 Å². The van der Waals surface area contributed by atoms with Gasteiger partial charge in [-0.2, -0.15) is 0 Å². The van der Waals surface area contributed by atoms with Gasteiger partial charge in [-0.15, -0.1) is 0 Å². The van der Waals surface area contributed by atoms with E-state index in [-0.39, 0.29) is 12.2 Å². The quantitative estimate of drug-likeness (QED) is 0.792. The number of nitrogens with zero attached hydrogens (tertiary/aromatic N) is 2. The first-order chi connectivity index (χ1) is 12.2. The van der Waals surface area contributed by atoms with E-state index in [1.54, 1.807) is 21.3 Å². The highest BCUT2D eigenvalue weighted by molar-refractivity contribution is 5.76. The number of imidazole rings is 1. The van der Waals surface area contributed by atoms with Crippen LogP contribution in [0.25, 0.3) is 11.0 Å². The summed E-state index contributed by atoms with van der Waals surface area (Å²) in [6.07, 6.45) is -0.815. The van der Waals surface area contributed by atoms with Crippen molar-refractivity contribution in [2.45, 2.75) is 26.1 Å². The van der Waals surface area contributed by atoms with Crippen molar-refractivity contribution >= 4 is 11.0 Å². The normalized spacial score (nSPS) is 14.6. The third-order valence-corrected chi connectivity index (χ3v) is 4.55. The number of ether oxygens (including phenoxy) is 2. The minimum atomic E-state index is -0.815. The second-order valence-electron chi connectivity index (χ2n) is 6.05. The van der Waals surface area contributed by atoms with Gasteiger partial charge in [0.05, 0.1) is 23.7 Å². The molecule has 1 atom stereocenters. The molecule has 3 aromatic rings. The fraction of sp³-hybridized carbons (Fsp3) is 0.316. The van der Waals surface area contributed by atoms with Crippen molar-refractivity contribution in [2.75, 3.05) is 13.2 Å². The smallest absolute Gasteiger partial charge is 0.329 e. The van der Waals surface area contributed by atoms with Crippen LogP contribution in [-0.4, -0.2) is 27.5 Å².